The van der Waals surface area contributed by atoms with Crippen LogP contribution in [0.15, 0.2) is 46.1 Å². The lowest BCUT2D eigenvalue weighted by atomic mass is 10.2. The van der Waals surface area contributed by atoms with E-state index in [-0.39, 0.29) is 10.5 Å². The van der Waals surface area contributed by atoms with Crippen LogP contribution in [0.5, 0.6) is 0 Å². The molecule has 0 saturated carbocycles. The van der Waals surface area contributed by atoms with Crippen LogP contribution in [0.3, 0.4) is 0 Å². The number of sulfone groups is 1. The number of aromatic amines is 1. The molecular formula is C13H12N2O3S. The highest BCUT2D eigenvalue weighted by Crippen LogP contribution is 2.12. The van der Waals surface area contributed by atoms with E-state index >= 15 is 0 Å². The summed E-state index contributed by atoms with van der Waals surface area (Å²) in [5, 5.41) is 6.16. The molecule has 19 heavy (non-hydrogen) atoms. The molecule has 2 rings (SSSR count). The summed E-state index contributed by atoms with van der Waals surface area (Å²) in [5.41, 5.74) is 1.21. The molecule has 0 aliphatic carbocycles. The Kier molecular flexibility index (Phi) is 3.62. The van der Waals surface area contributed by atoms with E-state index < -0.39 is 9.84 Å². The Labute approximate surface area is 110 Å². The third-order valence-corrected chi connectivity index (χ3v) is 3.58. The monoisotopic (exact) mass is 276 g/mol. The summed E-state index contributed by atoms with van der Waals surface area (Å²) in [5.74, 6) is 0. The summed E-state index contributed by atoms with van der Waals surface area (Å²) >= 11 is 0. The van der Waals surface area contributed by atoms with Crippen LogP contribution in [0.25, 0.3) is 12.2 Å². The summed E-state index contributed by atoms with van der Waals surface area (Å²) in [4.78, 5) is 11.1. The molecule has 5 nitrogen and oxygen atoms in total. The van der Waals surface area contributed by atoms with Crippen molar-refractivity contribution in [1.29, 1.82) is 0 Å². The maximum Gasteiger partial charge on any atom is 0.264 e. The standard InChI is InChI=1S/C13H12N2O3S/c1-19(17,18)12-7-3-10(4-8-12)2-5-11-6-9-13(16)15-14-11/h2-9H,1H3,(H,15,16). The van der Waals surface area contributed by atoms with E-state index in [2.05, 4.69) is 10.2 Å². The summed E-state index contributed by atoms with van der Waals surface area (Å²) < 4.78 is 22.6. The van der Waals surface area contributed by atoms with E-state index in [4.69, 9.17) is 0 Å². The Bertz CT molecular complexity index is 739. The molecule has 6 heteroatoms. The zero-order valence-electron chi connectivity index (χ0n) is 10.2. The minimum absolute atomic E-state index is 0.255. The number of benzene rings is 1. The minimum Gasteiger partial charge on any atom is -0.268 e. The molecule has 0 aliphatic heterocycles. The van der Waals surface area contributed by atoms with E-state index in [0.29, 0.717) is 5.69 Å². The molecule has 0 amide bonds. The van der Waals surface area contributed by atoms with Gasteiger partial charge in [-0.1, -0.05) is 18.2 Å². The lowest BCUT2D eigenvalue weighted by Crippen LogP contribution is -2.05. The molecule has 1 heterocycles. The van der Waals surface area contributed by atoms with Gasteiger partial charge in [-0.25, -0.2) is 13.5 Å². The fourth-order valence-electron chi connectivity index (χ4n) is 1.46. The molecule has 0 spiro atoms. The van der Waals surface area contributed by atoms with Gasteiger partial charge < -0.3 is 0 Å². The fraction of sp³-hybridized carbons (Fsp3) is 0.0769. The first-order chi connectivity index (χ1) is 8.95. The smallest absolute Gasteiger partial charge is 0.264 e. The minimum atomic E-state index is -3.17. The highest BCUT2D eigenvalue weighted by Gasteiger charge is 2.04. The number of nitrogens with one attached hydrogen (secondary N) is 1. The van der Waals surface area contributed by atoms with Crippen molar-refractivity contribution in [2.24, 2.45) is 0 Å². The second-order valence-corrected chi connectivity index (χ2v) is 6.04. The zero-order chi connectivity index (χ0) is 13.9. The normalized spacial score (nSPS) is 11.8. The number of rotatable bonds is 3. The molecule has 0 unspecified atom stereocenters. The molecule has 0 radical (unpaired) electrons. The quantitative estimate of drug-likeness (QED) is 0.917. The largest absolute Gasteiger partial charge is 0.268 e. The van der Waals surface area contributed by atoms with Gasteiger partial charge in [0.05, 0.1) is 10.6 Å². The summed E-state index contributed by atoms with van der Waals surface area (Å²) in [6.45, 7) is 0. The van der Waals surface area contributed by atoms with Crippen LogP contribution < -0.4 is 5.56 Å². The van der Waals surface area contributed by atoms with Crippen LogP contribution >= 0.6 is 0 Å². The van der Waals surface area contributed by atoms with Crippen molar-refractivity contribution in [2.45, 2.75) is 4.90 Å². The number of nitrogens with zero attached hydrogens (tertiary/aromatic N) is 1. The molecule has 2 aromatic rings. The van der Waals surface area contributed by atoms with Gasteiger partial charge in [-0.3, -0.25) is 4.79 Å². The fourth-order valence-corrected chi connectivity index (χ4v) is 2.09. The second kappa shape index (κ2) is 5.19. The Morgan fingerprint density at radius 3 is 2.26 bits per heavy atom. The van der Waals surface area contributed by atoms with Gasteiger partial charge in [0.1, 0.15) is 0 Å². The Morgan fingerprint density at radius 2 is 1.74 bits per heavy atom. The predicted octanol–water partition coefficient (Wildman–Crippen LogP) is 1.34. The third kappa shape index (κ3) is 3.62. The maximum absolute atomic E-state index is 11.3. The lowest BCUT2D eigenvalue weighted by Gasteiger charge is -1.98. The SMILES string of the molecule is CS(=O)(=O)c1ccc(C=Cc2ccc(=O)[nH]n2)cc1. The molecule has 1 N–H and O–H groups in total. The van der Waals surface area contributed by atoms with Crippen molar-refractivity contribution < 1.29 is 8.42 Å². The van der Waals surface area contributed by atoms with E-state index in [1.165, 1.54) is 12.3 Å². The van der Waals surface area contributed by atoms with Gasteiger partial charge in [0.15, 0.2) is 9.84 Å². The van der Waals surface area contributed by atoms with Gasteiger partial charge in [-0.2, -0.15) is 5.10 Å². The van der Waals surface area contributed by atoms with Crippen molar-refractivity contribution in [3.05, 3.63) is 58.0 Å². The Balaban J connectivity index is 2.20. The molecule has 0 fully saturated rings. The van der Waals surface area contributed by atoms with Gasteiger partial charge >= 0.3 is 0 Å². The molecule has 1 aromatic heterocycles. The van der Waals surface area contributed by atoms with Crippen LogP contribution in [-0.4, -0.2) is 24.9 Å². The van der Waals surface area contributed by atoms with Crippen LogP contribution in [-0.2, 0) is 9.84 Å². The summed E-state index contributed by atoms with van der Waals surface area (Å²) in [7, 11) is -3.17. The first-order valence-corrected chi connectivity index (χ1v) is 7.38. The second-order valence-electron chi connectivity index (χ2n) is 4.02. The Hall–Kier alpha value is -2.21. The van der Waals surface area contributed by atoms with Crippen molar-refractivity contribution in [2.75, 3.05) is 6.26 Å². The average Bonchev–Trinajstić information content (AvgIpc) is 2.37. The first kappa shape index (κ1) is 13.2. The van der Waals surface area contributed by atoms with Gasteiger partial charge in [-0.15, -0.1) is 0 Å². The molecule has 0 bridgehead atoms. The van der Waals surface area contributed by atoms with Gasteiger partial charge in [0, 0.05) is 12.3 Å². The molecular weight excluding hydrogens is 264 g/mol. The van der Waals surface area contributed by atoms with Crippen molar-refractivity contribution in [1.82, 2.24) is 10.2 Å². The van der Waals surface area contributed by atoms with Crippen LogP contribution in [0.2, 0.25) is 0 Å². The molecule has 0 saturated heterocycles. The summed E-state index contributed by atoms with van der Waals surface area (Å²) in [6.07, 6.45) is 4.68. The summed E-state index contributed by atoms with van der Waals surface area (Å²) in [6, 6.07) is 9.50. The topological polar surface area (TPSA) is 79.9 Å². The van der Waals surface area contributed by atoms with Crippen molar-refractivity contribution in [3.63, 3.8) is 0 Å². The maximum atomic E-state index is 11.3. The number of hydrogen-bond donors (Lipinski definition) is 1. The van der Waals surface area contributed by atoms with Crippen LogP contribution in [0.1, 0.15) is 11.3 Å². The van der Waals surface area contributed by atoms with Crippen LogP contribution in [0, 0.1) is 0 Å². The average molecular weight is 276 g/mol. The van der Waals surface area contributed by atoms with Gasteiger partial charge in [-0.05, 0) is 29.8 Å². The number of hydrogen-bond acceptors (Lipinski definition) is 4. The number of aromatic nitrogens is 2. The Morgan fingerprint density at radius 1 is 1.05 bits per heavy atom. The molecule has 98 valence electrons. The van der Waals surface area contributed by atoms with E-state index in [0.717, 1.165) is 5.56 Å². The highest BCUT2D eigenvalue weighted by molar-refractivity contribution is 7.90. The van der Waals surface area contributed by atoms with Gasteiger partial charge in [0.25, 0.3) is 5.56 Å². The molecule has 0 atom stereocenters. The van der Waals surface area contributed by atoms with E-state index in [1.54, 1.807) is 42.5 Å². The van der Waals surface area contributed by atoms with E-state index in [1.807, 2.05) is 0 Å². The van der Waals surface area contributed by atoms with Crippen molar-refractivity contribution in [3.8, 4) is 0 Å². The molecule has 1 aromatic carbocycles. The van der Waals surface area contributed by atoms with Crippen LogP contribution in [0.4, 0.5) is 0 Å². The first-order valence-electron chi connectivity index (χ1n) is 5.49. The lowest BCUT2D eigenvalue weighted by molar-refractivity contribution is 0.602. The third-order valence-electron chi connectivity index (χ3n) is 2.46. The predicted molar refractivity (Wildman–Crippen MR) is 73.3 cm³/mol. The van der Waals surface area contributed by atoms with Gasteiger partial charge in [0.2, 0.25) is 0 Å². The highest BCUT2D eigenvalue weighted by atomic mass is 32.2. The van der Waals surface area contributed by atoms with Crippen molar-refractivity contribution >= 4 is 22.0 Å². The van der Waals surface area contributed by atoms with E-state index in [9.17, 15) is 13.2 Å². The molecule has 0 aliphatic rings. The zero-order valence-corrected chi connectivity index (χ0v) is 11.0. The number of H-pyrrole nitrogens is 1.